The number of benzene rings is 2. The third-order valence-corrected chi connectivity index (χ3v) is 7.13. The first-order chi connectivity index (χ1) is 14.9. The quantitative estimate of drug-likeness (QED) is 0.606. The topological polar surface area (TPSA) is 97.8 Å². The monoisotopic (exact) mass is 461 g/mol. The average Bonchev–Trinajstić information content (AvgIpc) is 2.79. The Morgan fingerprint density at radius 3 is 2.77 bits per heavy atom. The first-order valence-electron chi connectivity index (χ1n) is 9.58. The van der Waals surface area contributed by atoms with Gasteiger partial charge in [-0.25, -0.2) is 8.42 Å². The Bertz CT molecular complexity index is 1210. The predicted molar refractivity (Wildman–Crippen MR) is 117 cm³/mol. The number of amides is 1. The molecule has 8 nitrogen and oxygen atoms in total. The van der Waals surface area contributed by atoms with Gasteiger partial charge in [0, 0.05) is 30.4 Å². The van der Waals surface area contributed by atoms with Crippen LogP contribution in [0.2, 0.25) is 5.02 Å². The summed E-state index contributed by atoms with van der Waals surface area (Å²) in [7, 11) is -3.79. The first kappa shape index (κ1) is 21.5. The van der Waals surface area contributed by atoms with Crippen LogP contribution < -0.4 is 10.1 Å². The smallest absolute Gasteiger partial charge is 0.262 e. The lowest BCUT2D eigenvalue weighted by molar-refractivity contribution is -0.118. The Kier molecular flexibility index (Phi) is 6.38. The number of carbonyl (C=O) groups excluding carboxylic acids is 1. The summed E-state index contributed by atoms with van der Waals surface area (Å²) < 4.78 is 37.9. The molecule has 0 spiro atoms. The molecule has 0 radical (unpaired) electrons. The number of rotatable bonds is 6. The highest BCUT2D eigenvalue weighted by Crippen LogP contribution is 2.28. The van der Waals surface area contributed by atoms with E-state index in [4.69, 9.17) is 21.1 Å². The molecule has 1 fully saturated rings. The van der Waals surface area contributed by atoms with Crippen LogP contribution in [0, 0.1) is 0 Å². The molecular weight excluding hydrogens is 442 g/mol. The maximum atomic E-state index is 12.9. The Labute approximate surface area is 184 Å². The molecule has 1 saturated heterocycles. The standard InChI is InChI=1S/C21H20ClN3O5S/c22-18-5-3-16(13-20(18)31(27,28)25-8-10-29-11-9-25)24-21(26)14-30-17-4-6-19-15(12-17)2-1-7-23-19/h1-7,12-13H,8-11,14H2,(H,24,26). The number of nitrogens with one attached hydrogen (secondary N) is 1. The van der Waals surface area contributed by atoms with Crippen LogP contribution in [0.4, 0.5) is 5.69 Å². The number of halogens is 1. The summed E-state index contributed by atoms with van der Waals surface area (Å²) in [6, 6.07) is 13.4. The van der Waals surface area contributed by atoms with Crippen LogP contribution in [0.1, 0.15) is 0 Å². The molecule has 1 aliphatic heterocycles. The zero-order valence-corrected chi connectivity index (χ0v) is 18.0. The molecule has 0 bridgehead atoms. The van der Waals surface area contributed by atoms with Crippen molar-refractivity contribution >= 4 is 44.1 Å². The Morgan fingerprint density at radius 2 is 1.97 bits per heavy atom. The number of hydrogen-bond acceptors (Lipinski definition) is 6. The van der Waals surface area contributed by atoms with Gasteiger partial charge in [0.05, 0.1) is 23.8 Å². The number of sulfonamides is 1. The van der Waals surface area contributed by atoms with Gasteiger partial charge in [-0.15, -0.1) is 0 Å². The second-order valence-electron chi connectivity index (χ2n) is 6.86. The number of anilines is 1. The lowest BCUT2D eigenvalue weighted by atomic mass is 10.2. The maximum absolute atomic E-state index is 12.9. The van der Waals surface area contributed by atoms with E-state index in [1.807, 2.05) is 18.2 Å². The largest absolute Gasteiger partial charge is 0.484 e. The van der Waals surface area contributed by atoms with Crippen LogP contribution in [-0.4, -0.2) is 56.5 Å². The Balaban J connectivity index is 1.43. The van der Waals surface area contributed by atoms with Crippen molar-refractivity contribution in [2.45, 2.75) is 4.90 Å². The van der Waals surface area contributed by atoms with Crippen molar-refractivity contribution in [2.75, 3.05) is 38.2 Å². The third-order valence-electron chi connectivity index (χ3n) is 4.75. The van der Waals surface area contributed by atoms with Crippen LogP contribution in [0.15, 0.2) is 59.6 Å². The molecule has 1 amide bonds. The van der Waals surface area contributed by atoms with E-state index in [1.165, 1.54) is 16.4 Å². The minimum Gasteiger partial charge on any atom is -0.484 e. The fourth-order valence-electron chi connectivity index (χ4n) is 3.19. The van der Waals surface area contributed by atoms with E-state index in [2.05, 4.69) is 10.3 Å². The minimum absolute atomic E-state index is 0.0585. The van der Waals surface area contributed by atoms with Crippen LogP contribution >= 0.6 is 11.6 Å². The van der Waals surface area contributed by atoms with Crippen molar-refractivity contribution in [2.24, 2.45) is 0 Å². The summed E-state index contributed by atoms with van der Waals surface area (Å²) in [4.78, 5) is 16.5. The number of ether oxygens (including phenoxy) is 2. The zero-order chi connectivity index (χ0) is 21.8. The summed E-state index contributed by atoms with van der Waals surface area (Å²) in [5.74, 6) is 0.102. The van der Waals surface area contributed by atoms with Gasteiger partial charge in [0.25, 0.3) is 5.91 Å². The first-order valence-corrected chi connectivity index (χ1v) is 11.4. The van der Waals surface area contributed by atoms with Crippen LogP contribution in [0.5, 0.6) is 5.75 Å². The Hall–Kier alpha value is -2.72. The summed E-state index contributed by atoms with van der Waals surface area (Å²) in [6.45, 7) is 0.930. The fraction of sp³-hybridized carbons (Fsp3) is 0.238. The van der Waals surface area contributed by atoms with Gasteiger partial charge in [0.2, 0.25) is 10.0 Å². The number of nitrogens with zero attached hydrogens (tertiary/aromatic N) is 2. The molecule has 2 aromatic carbocycles. The molecule has 4 rings (SSSR count). The molecule has 1 aliphatic rings. The van der Waals surface area contributed by atoms with Crippen molar-refractivity contribution in [3.63, 3.8) is 0 Å². The molecule has 1 aromatic heterocycles. The molecule has 1 N–H and O–H groups in total. The molecular formula is C21H20ClN3O5S. The molecule has 2 heterocycles. The molecule has 0 saturated carbocycles. The summed E-state index contributed by atoms with van der Waals surface area (Å²) in [6.07, 6.45) is 1.70. The third kappa shape index (κ3) is 4.96. The molecule has 0 unspecified atom stereocenters. The molecule has 0 atom stereocenters. The van der Waals surface area contributed by atoms with Gasteiger partial charge in [0.15, 0.2) is 6.61 Å². The van der Waals surface area contributed by atoms with Crippen LogP contribution in [0.3, 0.4) is 0 Å². The van der Waals surface area contributed by atoms with Gasteiger partial charge >= 0.3 is 0 Å². The van der Waals surface area contributed by atoms with E-state index in [9.17, 15) is 13.2 Å². The van der Waals surface area contributed by atoms with E-state index >= 15 is 0 Å². The normalized spacial score (nSPS) is 15.0. The van der Waals surface area contributed by atoms with E-state index < -0.39 is 15.9 Å². The second-order valence-corrected chi connectivity index (χ2v) is 9.17. The van der Waals surface area contributed by atoms with Gasteiger partial charge in [-0.05, 0) is 42.5 Å². The highest BCUT2D eigenvalue weighted by atomic mass is 35.5. The number of fused-ring (bicyclic) bond motifs is 1. The van der Waals surface area contributed by atoms with Crippen molar-refractivity contribution in [3.05, 3.63) is 59.8 Å². The second kappa shape index (κ2) is 9.19. The lowest BCUT2D eigenvalue weighted by Gasteiger charge is -2.26. The summed E-state index contributed by atoms with van der Waals surface area (Å²) >= 11 is 6.15. The van der Waals surface area contributed by atoms with Crippen molar-refractivity contribution in [1.82, 2.24) is 9.29 Å². The van der Waals surface area contributed by atoms with E-state index in [-0.39, 0.29) is 29.6 Å². The van der Waals surface area contributed by atoms with Crippen molar-refractivity contribution < 1.29 is 22.7 Å². The van der Waals surface area contributed by atoms with E-state index in [1.54, 1.807) is 24.4 Å². The van der Waals surface area contributed by atoms with Crippen LogP contribution in [0.25, 0.3) is 10.9 Å². The Morgan fingerprint density at radius 1 is 1.16 bits per heavy atom. The SMILES string of the molecule is O=C(COc1ccc2ncccc2c1)Nc1ccc(Cl)c(S(=O)(=O)N2CCOCC2)c1. The van der Waals surface area contributed by atoms with Crippen LogP contribution in [-0.2, 0) is 19.6 Å². The van der Waals surface area contributed by atoms with Crippen molar-refractivity contribution in [1.29, 1.82) is 0 Å². The van der Waals surface area contributed by atoms with Gasteiger partial charge in [-0.3, -0.25) is 9.78 Å². The number of pyridine rings is 1. The highest BCUT2D eigenvalue weighted by molar-refractivity contribution is 7.89. The van der Waals surface area contributed by atoms with E-state index in [0.717, 1.165) is 10.9 Å². The minimum atomic E-state index is -3.79. The van der Waals surface area contributed by atoms with Crippen molar-refractivity contribution in [3.8, 4) is 5.75 Å². The molecule has 162 valence electrons. The zero-order valence-electron chi connectivity index (χ0n) is 16.5. The van der Waals surface area contributed by atoms with Gasteiger partial charge in [-0.1, -0.05) is 17.7 Å². The summed E-state index contributed by atoms with van der Waals surface area (Å²) in [5, 5.41) is 3.64. The highest BCUT2D eigenvalue weighted by Gasteiger charge is 2.28. The fourth-order valence-corrected chi connectivity index (χ4v) is 5.10. The average molecular weight is 462 g/mol. The number of carbonyl (C=O) groups is 1. The number of morpholine rings is 1. The van der Waals surface area contributed by atoms with E-state index in [0.29, 0.717) is 24.7 Å². The molecule has 3 aromatic rings. The molecule has 0 aliphatic carbocycles. The summed E-state index contributed by atoms with van der Waals surface area (Å²) in [5.41, 5.74) is 1.14. The molecule has 31 heavy (non-hydrogen) atoms. The lowest BCUT2D eigenvalue weighted by Crippen LogP contribution is -2.40. The number of hydrogen-bond donors (Lipinski definition) is 1. The predicted octanol–water partition coefficient (Wildman–Crippen LogP) is 2.93. The number of aromatic nitrogens is 1. The van der Waals surface area contributed by atoms with Gasteiger partial charge in [-0.2, -0.15) is 4.31 Å². The van der Waals surface area contributed by atoms with Gasteiger partial charge < -0.3 is 14.8 Å². The molecule has 10 heteroatoms. The maximum Gasteiger partial charge on any atom is 0.262 e. The van der Waals surface area contributed by atoms with Gasteiger partial charge in [0.1, 0.15) is 10.6 Å².